The summed E-state index contributed by atoms with van der Waals surface area (Å²) in [5, 5.41) is 0.518. The van der Waals surface area contributed by atoms with Crippen LogP contribution in [0.25, 0.3) is 0 Å². The highest BCUT2D eigenvalue weighted by Gasteiger charge is 2.77. The van der Waals surface area contributed by atoms with Gasteiger partial charge < -0.3 is 9.64 Å². The molecule has 0 unspecified atom stereocenters. The van der Waals surface area contributed by atoms with E-state index in [4.69, 9.17) is 16.3 Å². The van der Waals surface area contributed by atoms with Crippen LogP contribution >= 0.6 is 27.5 Å². The second-order valence-electron chi connectivity index (χ2n) is 11.9. The van der Waals surface area contributed by atoms with E-state index in [2.05, 4.69) is 15.9 Å². The molecule has 3 aromatic carbocycles. The maximum atomic E-state index is 14.9. The summed E-state index contributed by atoms with van der Waals surface area (Å²) in [5.41, 5.74) is -0.762. The number of urea groups is 1. The quantitative estimate of drug-likeness (QED) is 0.249. The number of carbonyl (C=O) groups excluding carboxylic acids is 4. The average molecular weight is 651 g/mol. The van der Waals surface area contributed by atoms with Crippen LogP contribution in [0.4, 0.5) is 10.5 Å². The molecule has 0 aromatic heterocycles. The van der Waals surface area contributed by atoms with E-state index in [1.807, 2.05) is 0 Å². The number of carbonyl (C=O) groups is 4. The van der Waals surface area contributed by atoms with Crippen LogP contribution in [0.1, 0.15) is 37.9 Å². The highest BCUT2D eigenvalue weighted by atomic mass is 79.9. The monoisotopic (exact) mass is 649 g/mol. The van der Waals surface area contributed by atoms with Crippen molar-refractivity contribution in [3.8, 4) is 5.75 Å². The van der Waals surface area contributed by atoms with Gasteiger partial charge in [0.05, 0.1) is 30.7 Å². The Hall–Kier alpha value is -3.69. The van der Waals surface area contributed by atoms with E-state index < -0.39 is 52.7 Å². The van der Waals surface area contributed by atoms with Crippen molar-refractivity contribution in [3.63, 3.8) is 0 Å². The summed E-state index contributed by atoms with van der Waals surface area (Å²) in [6, 6.07) is 19.5. The lowest BCUT2D eigenvalue weighted by atomic mass is 9.75. The first-order valence-electron chi connectivity index (χ1n) is 13.6. The van der Waals surface area contributed by atoms with Gasteiger partial charge in [-0.05, 0) is 74.4 Å². The Bertz CT molecular complexity index is 1620. The predicted molar refractivity (Wildman–Crippen MR) is 161 cm³/mol. The molecule has 3 fully saturated rings. The van der Waals surface area contributed by atoms with Gasteiger partial charge >= 0.3 is 6.03 Å². The van der Waals surface area contributed by atoms with Crippen LogP contribution in [-0.4, -0.2) is 51.7 Å². The smallest absolute Gasteiger partial charge is 0.332 e. The lowest BCUT2D eigenvalue weighted by Gasteiger charge is -2.38. The number of benzene rings is 3. The van der Waals surface area contributed by atoms with Gasteiger partial charge in [-0.2, -0.15) is 0 Å². The number of hydrogen-bond donors (Lipinski definition) is 0. The van der Waals surface area contributed by atoms with E-state index in [-0.39, 0.29) is 6.42 Å². The van der Waals surface area contributed by atoms with Crippen LogP contribution in [-0.2, 0) is 20.8 Å². The number of halogens is 2. The second-order valence-corrected chi connectivity index (χ2v) is 13.3. The fourth-order valence-electron chi connectivity index (χ4n) is 6.83. The van der Waals surface area contributed by atoms with Crippen molar-refractivity contribution in [2.75, 3.05) is 12.0 Å². The molecule has 0 aliphatic carbocycles. The first-order chi connectivity index (χ1) is 19.9. The molecular weight excluding hydrogens is 622 g/mol. The van der Waals surface area contributed by atoms with Gasteiger partial charge in [-0.25, -0.2) is 9.69 Å². The van der Waals surface area contributed by atoms with Crippen LogP contribution in [0.3, 0.4) is 0 Å². The number of nitrogens with zero attached hydrogens (tertiary/aromatic N) is 3. The van der Waals surface area contributed by atoms with Gasteiger partial charge in [0, 0.05) is 21.5 Å². The highest BCUT2D eigenvalue weighted by molar-refractivity contribution is 9.10. The first-order valence-corrected chi connectivity index (χ1v) is 14.8. The second kappa shape index (κ2) is 9.95. The molecule has 0 bridgehead atoms. The topological polar surface area (TPSA) is 87.2 Å². The normalized spacial score (nSPS) is 25.4. The number of rotatable bonds is 5. The molecule has 6 rings (SSSR count). The number of fused-ring (bicyclic) bond motifs is 3. The fraction of sp³-hybridized carbons (Fsp3) is 0.312. The van der Waals surface area contributed by atoms with Crippen LogP contribution < -0.4 is 9.64 Å². The van der Waals surface area contributed by atoms with Gasteiger partial charge in [0.15, 0.2) is 0 Å². The third kappa shape index (κ3) is 4.08. The van der Waals surface area contributed by atoms with E-state index in [0.29, 0.717) is 32.1 Å². The van der Waals surface area contributed by atoms with Crippen molar-refractivity contribution in [1.29, 1.82) is 0 Å². The van der Waals surface area contributed by atoms with E-state index in [9.17, 15) is 19.2 Å². The molecule has 0 spiro atoms. The minimum Gasteiger partial charge on any atom is -0.497 e. The molecule has 3 saturated heterocycles. The predicted octanol–water partition coefficient (Wildman–Crippen LogP) is 6.02. The van der Waals surface area contributed by atoms with Crippen LogP contribution in [0, 0.1) is 11.8 Å². The molecule has 10 heteroatoms. The third-order valence-corrected chi connectivity index (χ3v) is 9.21. The zero-order valence-electron chi connectivity index (χ0n) is 23.5. The Balaban J connectivity index is 1.62. The molecule has 42 heavy (non-hydrogen) atoms. The Kier molecular flexibility index (Phi) is 6.74. The SMILES string of the molecule is COc1ccc([C@@H]2[C@@H]3C(=O)N(C(C)(C)C)C(=O)[C@@H]3[C@]3(Cc4ccc(Cl)cc4)C(=O)N(c4cccc(Br)c4)C(=O)N23)cc1. The lowest BCUT2D eigenvalue weighted by molar-refractivity contribution is -0.149. The summed E-state index contributed by atoms with van der Waals surface area (Å²) in [5.74, 6) is -2.83. The molecule has 3 aromatic rings. The standard InChI is InChI=1S/C32H29BrClN3O5/c1-31(2,3)37-27(38)24-25(28(37)39)32(17-18-8-12-21(34)13-9-18)29(40)35(22-7-5-6-20(33)16-22)30(41)36(32)26(24)19-10-14-23(42-4)15-11-19/h5-16,24-26H,17H2,1-4H3/t24-,25-,26-,32-/m1/s1. The van der Waals surface area contributed by atoms with Crippen molar-refractivity contribution >= 4 is 57.0 Å². The van der Waals surface area contributed by atoms with Gasteiger partial charge in [-0.15, -0.1) is 0 Å². The molecule has 5 amide bonds. The number of imide groups is 2. The number of anilines is 1. The number of methoxy groups -OCH3 is 1. The molecule has 0 saturated carbocycles. The third-order valence-electron chi connectivity index (χ3n) is 8.47. The average Bonchev–Trinajstić information content (AvgIpc) is 3.47. The molecule has 3 aliphatic heterocycles. The maximum absolute atomic E-state index is 14.9. The zero-order valence-corrected chi connectivity index (χ0v) is 25.8. The van der Waals surface area contributed by atoms with Crippen molar-refractivity contribution < 1.29 is 23.9 Å². The van der Waals surface area contributed by atoms with Gasteiger partial charge in [-0.1, -0.05) is 57.9 Å². The van der Waals surface area contributed by atoms with Crippen molar-refractivity contribution in [3.05, 3.63) is 93.4 Å². The van der Waals surface area contributed by atoms with Crippen LogP contribution in [0.5, 0.6) is 5.75 Å². The minimum atomic E-state index is -1.66. The van der Waals surface area contributed by atoms with Crippen LogP contribution in [0.15, 0.2) is 77.3 Å². The number of likely N-dealkylation sites (tertiary alicyclic amines) is 1. The molecule has 216 valence electrons. The molecule has 3 aliphatic rings. The van der Waals surface area contributed by atoms with E-state index >= 15 is 0 Å². The Morgan fingerprint density at radius 3 is 2.19 bits per heavy atom. The van der Waals surface area contributed by atoms with Gasteiger partial charge in [0.1, 0.15) is 11.3 Å². The van der Waals surface area contributed by atoms with E-state index in [0.717, 1.165) is 4.90 Å². The number of amides is 5. The summed E-state index contributed by atoms with van der Waals surface area (Å²) in [6.07, 6.45) is 0.0318. The lowest BCUT2D eigenvalue weighted by Crippen LogP contribution is -2.57. The van der Waals surface area contributed by atoms with Gasteiger partial charge in [-0.3, -0.25) is 19.3 Å². The Labute approximate surface area is 257 Å². The summed E-state index contributed by atoms with van der Waals surface area (Å²) >= 11 is 9.62. The summed E-state index contributed by atoms with van der Waals surface area (Å²) < 4.78 is 6.04. The number of ether oxygens (including phenoxy) is 1. The molecule has 0 radical (unpaired) electrons. The van der Waals surface area contributed by atoms with E-state index in [1.54, 1.807) is 101 Å². The van der Waals surface area contributed by atoms with E-state index in [1.165, 1.54) is 9.80 Å². The summed E-state index contributed by atoms with van der Waals surface area (Å²) in [4.78, 5) is 61.9. The molecule has 4 atom stereocenters. The largest absolute Gasteiger partial charge is 0.497 e. The first kappa shape index (κ1) is 28.4. The van der Waals surface area contributed by atoms with Gasteiger partial charge in [0.25, 0.3) is 5.91 Å². The number of hydrogen-bond acceptors (Lipinski definition) is 5. The molecular formula is C32H29BrClN3O5. The summed E-state index contributed by atoms with van der Waals surface area (Å²) in [7, 11) is 1.55. The molecule has 8 nitrogen and oxygen atoms in total. The zero-order chi connectivity index (χ0) is 30.1. The van der Waals surface area contributed by atoms with Crippen molar-refractivity contribution in [2.24, 2.45) is 11.8 Å². The minimum absolute atomic E-state index is 0.0318. The summed E-state index contributed by atoms with van der Waals surface area (Å²) in [6.45, 7) is 5.39. The van der Waals surface area contributed by atoms with Gasteiger partial charge in [0.2, 0.25) is 11.8 Å². The van der Waals surface area contributed by atoms with Crippen LogP contribution in [0.2, 0.25) is 5.02 Å². The Morgan fingerprint density at radius 2 is 1.60 bits per heavy atom. The van der Waals surface area contributed by atoms with Crippen molar-refractivity contribution in [2.45, 2.75) is 44.3 Å². The maximum Gasteiger partial charge on any atom is 0.332 e. The fourth-order valence-corrected chi connectivity index (χ4v) is 7.34. The Morgan fingerprint density at radius 1 is 0.929 bits per heavy atom. The highest BCUT2D eigenvalue weighted by Crippen LogP contribution is 2.60. The molecule has 3 heterocycles. The molecule has 0 N–H and O–H groups in total. The van der Waals surface area contributed by atoms with Crippen molar-refractivity contribution in [1.82, 2.24) is 9.80 Å².